The summed E-state index contributed by atoms with van der Waals surface area (Å²) in [6, 6.07) is 85.1. The Balaban J connectivity index is 1.11. The Morgan fingerprint density at radius 1 is 0.309 bits per heavy atom. The van der Waals surface area contributed by atoms with Gasteiger partial charge in [0.05, 0.1) is 16.4 Å². The van der Waals surface area contributed by atoms with E-state index >= 15 is 0 Å². The molecule has 0 radical (unpaired) electrons. The van der Waals surface area contributed by atoms with E-state index in [2.05, 4.69) is 211 Å². The fourth-order valence-electron chi connectivity index (χ4n) is 10.0. The molecule has 0 bridgehead atoms. The fraction of sp³-hybridized carbons (Fsp3) is 0. The third-order valence-corrected chi connectivity index (χ3v) is 13.1. The number of benzene rings is 10. The number of para-hydroxylation sites is 2. The summed E-state index contributed by atoms with van der Waals surface area (Å²) in [5.74, 6) is 1.78. The number of rotatable bonds is 8. The van der Waals surface area contributed by atoms with Gasteiger partial charge in [0.2, 0.25) is 0 Å². The van der Waals surface area contributed by atoms with Crippen LogP contribution in [0.4, 0.5) is 0 Å². The fourth-order valence-corrected chi connectivity index (χ4v) is 10.0. The van der Waals surface area contributed by atoms with Crippen LogP contribution in [0.3, 0.4) is 0 Å². The van der Waals surface area contributed by atoms with E-state index in [1.54, 1.807) is 0 Å². The molecule has 3 aromatic heterocycles. The minimum Gasteiger partial charge on any atom is -0.455 e. The van der Waals surface area contributed by atoms with E-state index in [9.17, 15) is 0 Å². The van der Waals surface area contributed by atoms with Crippen LogP contribution in [0.2, 0.25) is 0 Å². The van der Waals surface area contributed by atoms with Crippen molar-refractivity contribution in [2.75, 3.05) is 0 Å². The largest absolute Gasteiger partial charge is 0.455 e. The molecular weight excluding hydrogens is 829 g/mol. The Morgan fingerprint density at radius 2 is 0.838 bits per heavy atom. The predicted molar refractivity (Wildman–Crippen MR) is 279 cm³/mol. The Hall–Kier alpha value is -9.19. The lowest BCUT2D eigenvalue weighted by molar-refractivity contribution is 0.673. The predicted octanol–water partition coefficient (Wildman–Crippen LogP) is 16.5. The van der Waals surface area contributed by atoms with E-state index in [0.29, 0.717) is 17.5 Å². The maximum absolute atomic E-state index is 7.05. The molecule has 0 saturated heterocycles. The van der Waals surface area contributed by atoms with Crippen LogP contribution in [-0.2, 0) is 0 Å². The van der Waals surface area contributed by atoms with Gasteiger partial charge in [-0.25, -0.2) is 15.0 Å². The molecule has 0 aliphatic carbocycles. The van der Waals surface area contributed by atoms with Crippen molar-refractivity contribution in [3.8, 4) is 84.4 Å². The summed E-state index contributed by atoms with van der Waals surface area (Å²) in [5.41, 5.74) is 16.4. The van der Waals surface area contributed by atoms with E-state index in [0.717, 1.165) is 111 Å². The molecule has 0 N–H and O–H groups in total. The normalized spacial score (nSPS) is 11.5. The van der Waals surface area contributed by atoms with Gasteiger partial charge in [0.1, 0.15) is 11.2 Å². The molecule has 3 heterocycles. The van der Waals surface area contributed by atoms with Crippen molar-refractivity contribution >= 4 is 43.7 Å². The number of nitrogens with zero attached hydrogens (tertiary/aromatic N) is 4. The second kappa shape index (κ2) is 16.4. The zero-order chi connectivity index (χ0) is 45.0. The molecule has 13 aromatic rings. The molecular formula is C63H40N4O. The topological polar surface area (TPSA) is 56.7 Å². The van der Waals surface area contributed by atoms with Gasteiger partial charge in [-0.2, -0.15) is 0 Å². The van der Waals surface area contributed by atoms with Crippen LogP contribution >= 0.6 is 0 Å². The first-order chi connectivity index (χ1) is 33.7. The Kier molecular flexibility index (Phi) is 9.43. The number of aromatic nitrogens is 4. The first-order valence-electron chi connectivity index (χ1n) is 22.9. The van der Waals surface area contributed by atoms with Gasteiger partial charge in [0, 0.05) is 38.5 Å². The molecule has 10 aromatic carbocycles. The molecule has 0 aliphatic rings. The van der Waals surface area contributed by atoms with E-state index in [4.69, 9.17) is 19.4 Å². The van der Waals surface area contributed by atoms with Gasteiger partial charge in [-0.05, 0) is 87.0 Å². The number of fused-ring (bicyclic) bond motifs is 7. The summed E-state index contributed by atoms with van der Waals surface area (Å²) in [4.78, 5) is 15.9. The summed E-state index contributed by atoms with van der Waals surface area (Å²) >= 11 is 0. The molecule has 5 heteroatoms. The molecule has 5 nitrogen and oxygen atoms in total. The molecule has 0 amide bonds. The lowest BCUT2D eigenvalue weighted by Gasteiger charge is -2.19. The van der Waals surface area contributed by atoms with Crippen LogP contribution in [-0.4, -0.2) is 19.5 Å². The second-order valence-electron chi connectivity index (χ2n) is 17.1. The van der Waals surface area contributed by atoms with Crippen LogP contribution in [0.15, 0.2) is 247 Å². The van der Waals surface area contributed by atoms with Gasteiger partial charge >= 0.3 is 0 Å². The Morgan fingerprint density at radius 3 is 1.47 bits per heavy atom. The summed E-state index contributed by atoms with van der Waals surface area (Å²) in [6.45, 7) is 0. The average Bonchev–Trinajstić information content (AvgIpc) is 3.98. The quantitative estimate of drug-likeness (QED) is 0.153. The smallest absolute Gasteiger partial charge is 0.164 e. The van der Waals surface area contributed by atoms with Gasteiger partial charge in [-0.1, -0.05) is 200 Å². The van der Waals surface area contributed by atoms with E-state index in [1.165, 1.54) is 0 Å². The highest BCUT2D eigenvalue weighted by molar-refractivity contribution is 6.26. The molecule has 0 spiro atoms. The monoisotopic (exact) mass is 868 g/mol. The van der Waals surface area contributed by atoms with E-state index < -0.39 is 0 Å². The lowest BCUT2D eigenvalue weighted by Crippen LogP contribution is -2.01. The summed E-state index contributed by atoms with van der Waals surface area (Å²) < 4.78 is 9.39. The average molecular weight is 869 g/mol. The molecule has 0 aliphatic heterocycles. The van der Waals surface area contributed by atoms with Crippen LogP contribution < -0.4 is 0 Å². The Labute approximate surface area is 392 Å². The Bertz CT molecular complexity index is 3880. The minimum absolute atomic E-state index is 0.575. The summed E-state index contributed by atoms with van der Waals surface area (Å²) in [7, 11) is 0. The summed E-state index contributed by atoms with van der Waals surface area (Å²) in [5, 5.41) is 4.30. The number of hydrogen-bond donors (Lipinski definition) is 0. The molecule has 0 unspecified atom stereocenters. The maximum Gasteiger partial charge on any atom is 0.164 e. The van der Waals surface area contributed by atoms with Crippen molar-refractivity contribution in [3.63, 3.8) is 0 Å². The SMILES string of the molecule is c1ccc(-c2nc(-c3ccccc3)nc(-c3cc(-c4c(-c5ccccc5)cccc4-c4ccccc4)ccc3-c3cccc4oc5c(ccc6c5c5ccccc5n6-c5ccccc5)c34)n2)cc1. The van der Waals surface area contributed by atoms with Gasteiger partial charge < -0.3 is 8.98 Å². The summed E-state index contributed by atoms with van der Waals surface area (Å²) in [6.07, 6.45) is 0. The zero-order valence-corrected chi connectivity index (χ0v) is 36.8. The molecule has 13 rings (SSSR count). The van der Waals surface area contributed by atoms with E-state index in [1.807, 2.05) is 36.4 Å². The highest BCUT2D eigenvalue weighted by atomic mass is 16.3. The molecule has 68 heavy (non-hydrogen) atoms. The highest BCUT2D eigenvalue weighted by Crippen LogP contribution is 2.47. The van der Waals surface area contributed by atoms with Crippen molar-refractivity contribution in [1.29, 1.82) is 0 Å². The standard InChI is InChI=1S/C63H40N4O/c1-6-20-41(21-7-1)47-31-18-32-48(42-22-8-2-9-23-42)57(47)45-36-37-49(53(40-45)63-65-61(43-24-10-3-11-25-43)64-62(66-63)44-26-12-4-13-27-44)50-33-19-35-56-58(50)52-38-39-55-59(60(52)68-56)51-30-16-17-34-54(51)67(55)46-28-14-5-15-29-46/h1-40H. The zero-order valence-electron chi connectivity index (χ0n) is 36.8. The molecule has 0 saturated carbocycles. The number of furan rings is 1. The van der Waals surface area contributed by atoms with Gasteiger partial charge in [0.15, 0.2) is 17.5 Å². The van der Waals surface area contributed by atoms with Gasteiger partial charge in [-0.3, -0.25) is 0 Å². The van der Waals surface area contributed by atoms with Crippen LogP contribution in [0, 0.1) is 0 Å². The third-order valence-electron chi connectivity index (χ3n) is 13.1. The third kappa shape index (κ3) is 6.59. The van der Waals surface area contributed by atoms with Gasteiger partial charge in [-0.15, -0.1) is 0 Å². The maximum atomic E-state index is 7.05. The van der Waals surface area contributed by atoms with Gasteiger partial charge in [0.25, 0.3) is 0 Å². The molecule has 0 fully saturated rings. The second-order valence-corrected chi connectivity index (χ2v) is 17.1. The van der Waals surface area contributed by atoms with Crippen molar-refractivity contribution in [1.82, 2.24) is 19.5 Å². The minimum atomic E-state index is 0.575. The first-order valence-corrected chi connectivity index (χ1v) is 22.9. The van der Waals surface area contributed by atoms with Crippen LogP contribution in [0.1, 0.15) is 0 Å². The van der Waals surface area contributed by atoms with Crippen LogP contribution in [0.25, 0.3) is 128 Å². The van der Waals surface area contributed by atoms with E-state index in [-0.39, 0.29) is 0 Å². The molecule has 318 valence electrons. The van der Waals surface area contributed by atoms with Crippen molar-refractivity contribution < 1.29 is 4.42 Å². The van der Waals surface area contributed by atoms with Crippen molar-refractivity contribution in [3.05, 3.63) is 243 Å². The molecule has 0 atom stereocenters. The van der Waals surface area contributed by atoms with Crippen molar-refractivity contribution in [2.45, 2.75) is 0 Å². The van der Waals surface area contributed by atoms with Crippen molar-refractivity contribution in [2.24, 2.45) is 0 Å². The number of hydrogen-bond acceptors (Lipinski definition) is 4. The first kappa shape index (κ1) is 39.2. The highest BCUT2D eigenvalue weighted by Gasteiger charge is 2.24. The van der Waals surface area contributed by atoms with Crippen LogP contribution in [0.5, 0.6) is 0 Å². The lowest BCUT2D eigenvalue weighted by atomic mass is 9.85.